The van der Waals surface area contributed by atoms with Gasteiger partial charge in [0.15, 0.2) is 0 Å². The van der Waals surface area contributed by atoms with Crippen LogP contribution in [0.4, 0.5) is 0 Å². The predicted octanol–water partition coefficient (Wildman–Crippen LogP) is 2.65. The molecule has 1 saturated heterocycles. The molecule has 1 unspecified atom stereocenters. The Kier molecular flexibility index (Phi) is 4.88. The number of primary amides is 1. The number of hydrogen-bond acceptors (Lipinski definition) is 3. The van der Waals surface area contributed by atoms with Crippen LogP contribution in [0.15, 0.2) is 30.3 Å². The van der Waals surface area contributed by atoms with Crippen molar-refractivity contribution >= 4 is 11.8 Å². The zero-order chi connectivity index (χ0) is 18.0. The number of hydrogen-bond donors (Lipinski definition) is 2. The maximum Gasteiger partial charge on any atom is 0.269 e. The van der Waals surface area contributed by atoms with Crippen LogP contribution in [0.2, 0.25) is 0 Å². The first-order valence-corrected chi connectivity index (χ1v) is 8.70. The van der Waals surface area contributed by atoms with E-state index in [0.717, 1.165) is 25.1 Å². The minimum atomic E-state index is -0.545. The van der Waals surface area contributed by atoms with Gasteiger partial charge in [-0.15, -0.1) is 0 Å². The van der Waals surface area contributed by atoms with Crippen molar-refractivity contribution in [2.75, 3.05) is 13.1 Å². The van der Waals surface area contributed by atoms with Gasteiger partial charge in [-0.25, -0.2) is 0 Å². The lowest BCUT2D eigenvalue weighted by Crippen LogP contribution is -2.39. The van der Waals surface area contributed by atoms with E-state index in [1.807, 2.05) is 29.2 Å². The number of nitrogens with two attached hydrogens (primary N) is 1. The van der Waals surface area contributed by atoms with Gasteiger partial charge in [-0.2, -0.15) is 5.10 Å². The predicted molar refractivity (Wildman–Crippen MR) is 95.5 cm³/mol. The molecule has 6 heteroatoms. The number of aromatic nitrogens is 2. The average Bonchev–Trinajstić information content (AvgIpc) is 3.12. The highest BCUT2D eigenvalue weighted by Gasteiger charge is 2.27. The van der Waals surface area contributed by atoms with Gasteiger partial charge in [0.2, 0.25) is 0 Å². The maximum absolute atomic E-state index is 12.8. The minimum absolute atomic E-state index is 0.0506. The van der Waals surface area contributed by atoms with E-state index in [0.29, 0.717) is 18.0 Å². The Morgan fingerprint density at radius 1 is 1.28 bits per heavy atom. The van der Waals surface area contributed by atoms with Crippen LogP contribution in [0, 0.1) is 0 Å². The van der Waals surface area contributed by atoms with Crippen LogP contribution in [0.1, 0.15) is 70.6 Å². The number of rotatable bonds is 4. The third-order valence-electron chi connectivity index (χ3n) is 4.82. The van der Waals surface area contributed by atoms with E-state index >= 15 is 0 Å². The van der Waals surface area contributed by atoms with Crippen molar-refractivity contribution in [2.24, 2.45) is 5.73 Å². The minimum Gasteiger partial charge on any atom is -0.364 e. The molecule has 1 atom stereocenters. The quantitative estimate of drug-likeness (QED) is 0.896. The molecule has 0 bridgehead atoms. The first-order valence-electron chi connectivity index (χ1n) is 8.70. The Balaban J connectivity index is 1.71. The molecule has 1 fully saturated rings. The average molecular weight is 340 g/mol. The lowest BCUT2D eigenvalue weighted by atomic mass is 9.94. The molecule has 2 amide bonds. The van der Waals surface area contributed by atoms with E-state index < -0.39 is 5.91 Å². The number of piperidine rings is 1. The molecule has 1 aliphatic rings. The Bertz CT molecular complexity index is 764. The number of carbonyl (C=O) groups excluding carboxylic acids is 2. The van der Waals surface area contributed by atoms with Crippen molar-refractivity contribution in [1.82, 2.24) is 15.1 Å². The molecule has 0 aliphatic carbocycles. The summed E-state index contributed by atoms with van der Waals surface area (Å²) in [5.41, 5.74) is 8.30. The summed E-state index contributed by atoms with van der Waals surface area (Å²) >= 11 is 0. The second-order valence-corrected chi connectivity index (χ2v) is 6.94. The van der Waals surface area contributed by atoms with Crippen LogP contribution in [0.3, 0.4) is 0 Å². The second-order valence-electron chi connectivity index (χ2n) is 6.94. The van der Waals surface area contributed by atoms with Crippen molar-refractivity contribution in [1.29, 1.82) is 0 Å². The molecular weight excluding hydrogens is 316 g/mol. The van der Waals surface area contributed by atoms with Crippen molar-refractivity contribution in [3.63, 3.8) is 0 Å². The van der Waals surface area contributed by atoms with Gasteiger partial charge in [0.25, 0.3) is 11.8 Å². The van der Waals surface area contributed by atoms with Crippen LogP contribution in [0.5, 0.6) is 0 Å². The smallest absolute Gasteiger partial charge is 0.269 e. The Morgan fingerprint density at radius 2 is 2.00 bits per heavy atom. The molecule has 0 saturated carbocycles. The molecule has 1 aliphatic heterocycles. The summed E-state index contributed by atoms with van der Waals surface area (Å²) in [7, 11) is 0. The Morgan fingerprint density at radius 3 is 2.60 bits per heavy atom. The second kappa shape index (κ2) is 7.09. The van der Waals surface area contributed by atoms with Crippen molar-refractivity contribution in [3.05, 3.63) is 52.8 Å². The van der Waals surface area contributed by atoms with E-state index in [9.17, 15) is 9.59 Å². The molecule has 3 rings (SSSR count). The van der Waals surface area contributed by atoms with Crippen molar-refractivity contribution in [3.8, 4) is 0 Å². The van der Waals surface area contributed by atoms with Crippen LogP contribution >= 0.6 is 0 Å². The van der Waals surface area contributed by atoms with Crippen molar-refractivity contribution in [2.45, 2.75) is 38.5 Å². The highest BCUT2D eigenvalue weighted by molar-refractivity contribution is 5.94. The summed E-state index contributed by atoms with van der Waals surface area (Å²) in [4.78, 5) is 25.9. The van der Waals surface area contributed by atoms with E-state index in [2.05, 4.69) is 24.0 Å². The van der Waals surface area contributed by atoms with Gasteiger partial charge in [-0.3, -0.25) is 14.7 Å². The number of likely N-dealkylation sites (tertiary alicyclic amines) is 1. The molecule has 0 spiro atoms. The maximum atomic E-state index is 12.8. The fraction of sp³-hybridized carbons (Fsp3) is 0.421. The number of benzene rings is 1. The Hall–Kier alpha value is -2.63. The van der Waals surface area contributed by atoms with Gasteiger partial charge in [-0.05, 0) is 42.5 Å². The number of amides is 2. The van der Waals surface area contributed by atoms with Crippen LogP contribution in [-0.4, -0.2) is 40.0 Å². The first kappa shape index (κ1) is 17.2. The zero-order valence-corrected chi connectivity index (χ0v) is 14.7. The van der Waals surface area contributed by atoms with Crippen LogP contribution in [-0.2, 0) is 0 Å². The number of carbonyl (C=O) groups is 2. The molecule has 132 valence electrons. The summed E-state index contributed by atoms with van der Waals surface area (Å²) in [6.45, 7) is 5.64. The van der Waals surface area contributed by atoms with Gasteiger partial charge in [0.05, 0.1) is 0 Å². The van der Waals surface area contributed by atoms with Gasteiger partial charge in [0, 0.05) is 30.3 Å². The summed E-state index contributed by atoms with van der Waals surface area (Å²) in [6, 6.07) is 9.55. The molecule has 1 aromatic carbocycles. The summed E-state index contributed by atoms with van der Waals surface area (Å²) in [6.07, 6.45) is 1.88. The molecule has 6 nitrogen and oxygen atoms in total. The molecule has 0 radical (unpaired) electrons. The Labute approximate surface area is 147 Å². The van der Waals surface area contributed by atoms with E-state index in [1.54, 1.807) is 6.07 Å². The highest BCUT2D eigenvalue weighted by Crippen LogP contribution is 2.27. The van der Waals surface area contributed by atoms with Gasteiger partial charge < -0.3 is 10.6 Å². The molecule has 2 heterocycles. The summed E-state index contributed by atoms with van der Waals surface area (Å²) < 4.78 is 0. The number of nitrogens with zero attached hydrogens (tertiary/aromatic N) is 2. The van der Waals surface area contributed by atoms with E-state index in [-0.39, 0.29) is 17.5 Å². The number of H-pyrrole nitrogens is 1. The molecule has 1 aromatic heterocycles. The summed E-state index contributed by atoms with van der Waals surface area (Å²) in [5.74, 6) is 0.0997. The molecule has 2 aromatic rings. The standard InChI is InChI=1S/C19H24N4O2/c1-12(2)13-5-7-14(8-6-13)19(25)23-9-3-4-15(11-23)16-10-17(18(20)24)22-21-16/h5-8,10,12,15H,3-4,9,11H2,1-2H3,(H2,20,24)(H,21,22). The SMILES string of the molecule is CC(C)c1ccc(C(=O)N2CCCC(c3cc(C(N)=O)n[nH]3)C2)cc1. The van der Waals surface area contributed by atoms with Gasteiger partial charge in [0.1, 0.15) is 5.69 Å². The molecule has 25 heavy (non-hydrogen) atoms. The van der Waals surface area contributed by atoms with E-state index in [4.69, 9.17) is 5.73 Å². The fourth-order valence-corrected chi connectivity index (χ4v) is 3.28. The summed E-state index contributed by atoms with van der Waals surface area (Å²) in [5, 5.41) is 6.83. The molecular formula is C19H24N4O2. The van der Waals surface area contributed by atoms with Gasteiger partial charge >= 0.3 is 0 Å². The van der Waals surface area contributed by atoms with Crippen LogP contribution in [0.25, 0.3) is 0 Å². The monoisotopic (exact) mass is 340 g/mol. The molecule has 3 N–H and O–H groups in total. The first-order chi connectivity index (χ1) is 12.0. The lowest BCUT2D eigenvalue weighted by Gasteiger charge is -2.32. The lowest BCUT2D eigenvalue weighted by molar-refractivity contribution is 0.0705. The normalized spacial score (nSPS) is 17.7. The van der Waals surface area contributed by atoms with E-state index in [1.165, 1.54) is 5.56 Å². The third-order valence-corrected chi connectivity index (χ3v) is 4.82. The van der Waals surface area contributed by atoms with Crippen LogP contribution < -0.4 is 5.73 Å². The largest absolute Gasteiger partial charge is 0.364 e. The third kappa shape index (κ3) is 3.73. The topological polar surface area (TPSA) is 92.1 Å². The number of aromatic amines is 1. The van der Waals surface area contributed by atoms with Crippen molar-refractivity contribution < 1.29 is 9.59 Å². The number of nitrogens with one attached hydrogen (secondary N) is 1. The fourth-order valence-electron chi connectivity index (χ4n) is 3.28. The highest BCUT2D eigenvalue weighted by atomic mass is 16.2. The zero-order valence-electron chi connectivity index (χ0n) is 14.7. The van der Waals surface area contributed by atoms with Gasteiger partial charge in [-0.1, -0.05) is 26.0 Å².